The summed E-state index contributed by atoms with van der Waals surface area (Å²) in [6.45, 7) is 6.67. The third-order valence-electron chi connectivity index (χ3n) is 6.18. The van der Waals surface area contributed by atoms with Crippen molar-refractivity contribution in [1.29, 1.82) is 5.26 Å². The first-order valence-electron chi connectivity index (χ1n) is 10.5. The molecule has 152 valence electrons. The number of pyridine rings is 1. The molecule has 1 aromatic heterocycles. The van der Waals surface area contributed by atoms with Crippen molar-refractivity contribution in [2.24, 2.45) is 0 Å². The normalized spacial score (nSPS) is 23.7. The predicted octanol–water partition coefficient (Wildman–Crippen LogP) is 1.75. The minimum atomic E-state index is -0.396. The van der Waals surface area contributed by atoms with Gasteiger partial charge >= 0.3 is 0 Å². The van der Waals surface area contributed by atoms with Crippen LogP contribution in [-0.4, -0.2) is 77.8 Å². The van der Waals surface area contributed by atoms with E-state index in [9.17, 15) is 5.11 Å². The van der Waals surface area contributed by atoms with E-state index < -0.39 is 6.10 Å². The zero-order chi connectivity index (χ0) is 20.1. The van der Waals surface area contributed by atoms with Gasteiger partial charge in [-0.25, -0.2) is 4.98 Å². The van der Waals surface area contributed by atoms with Gasteiger partial charge < -0.3 is 14.9 Å². The Kier molecular flexibility index (Phi) is 6.40. The van der Waals surface area contributed by atoms with Crippen LogP contribution < -0.4 is 4.90 Å². The predicted molar refractivity (Wildman–Crippen MR) is 114 cm³/mol. The molecule has 0 amide bonds. The summed E-state index contributed by atoms with van der Waals surface area (Å²) in [5.41, 5.74) is 2.00. The van der Waals surface area contributed by atoms with E-state index in [2.05, 4.69) is 56.1 Å². The Bertz CT molecular complexity index is 829. The van der Waals surface area contributed by atoms with Crippen LogP contribution in [0.5, 0.6) is 0 Å². The monoisotopic (exact) mass is 391 g/mol. The Morgan fingerprint density at radius 1 is 1.07 bits per heavy atom. The van der Waals surface area contributed by atoms with E-state index in [1.165, 1.54) is 5.56 Å². The first kappa shape index (κ1) is 19.8. The third-order valence-corrected chi connectivity index (χ3v) is 6.18. The Hall–Kier alpha value is -2.46. The van der Waals surface area contributed by atoms with Crippen LogP contribution in [0.25, 0.3) is 0 Å². The topological polar surface area (TPSA) is 66.6 Å². The van der Waals surface area contributed by atoms with Gasteiger partial charge in [-0.15, -0.1) is 0 Å². The smallest absolute Gasteiger partial charge is 0.129 e. The van der Waals surface area contributed by atoms with Crippen molar-refractivity contribution in [2.45, 2.75) is 25.0 Å². The standard InChI is InChI=1S/C23H29N5O/c24-17-20-6-9-25-23(16-20)28-11-8-21(22(29)18-28)27-14-12-26(13-15-27)10-7-19-4-2-1-3-5-19/h1-6,9,16,21-22,29H,7-8,10-15,18H2/t21-,22-/m0/s1. The molecular formula is C23H29N5O. The highest BCUT2D eigenvalue weighted by molar-refractivity contribution is 5.45. The quantitative estimate of drug-likeness (QED) is 0.838. The van der Waals surface area contributed by atoms with Crippen molar-refractivity contribution in [3.05, 3.63) is 59.8 Å². The average Bonchev–Trinajstić information content (AvgIpc) is 2.79. The fourth-order valence-electron chi connectivity index (χ4n) is 4.46. The molecule has 2 aromatic rings. The minimum Gasteiger partial charge on any atom is -0.390 e. The first-order chi connectivity index (χ1) is 14.2. The second-order valence-electron chi connectivity index (χ2n) is 8.00. The van der Waals surface area contributed by atoms with E-state index >= 15 is 0 Å². The molecule has 1 aromatic carbocycles. The summed E-state index contributed by atoms with van der Waals surface area (Å²) in [6, 6.07) is 16.6. The SMILES string of the molecule is N#Cc1ccnc(N2CC[C@H](N3CCN(CCc4ccccc4)CC3)[C@@H](O)C2)c1. The number of nitriles is 1. The van der Waals surface area contributed by atoms with Crippen LogP contribution in [0.15, 0.2) is 48.7 Å². The summed E-state index contributed by atoms with van der Waals surface area (Å²) in [6.07, 6.45) is 3.29. The number of piperidine rings is 1. The molecular weight excluding hydrogens is 362 g/mol. The maximum atomic E-state index is 10.8. The van der Waals surface area contributed by atoms with Gasteiger partial charge in [0.1, 0.15) is 5.82 Å². The van der Waals surface area contributed by atoms with Crippen LogP contribution in [0, 0.1) is 11.3 Å². The van der Waals surface area contributed by atoms with E-state index in [1.54, 1.807) is 18.3 Å². The molecule has 6 nitrogen and oxygen atoms in total. The fraction of sp³-hybridized carbons (Fsp3) is 0.478. The summed E-state index contributed by atoms with van der Waals surface area (Å²) in [5.74, 6) is 0.785. The molecule has 29 heavy (non-hydrogen) atoms. The van der Waals surface area contributed by atoms with Gasteiger partial charge in [0.2, 0.25) is 0 Å². The Morgan fingerprint density at radius 2 is 1.86 bits per heavy atom. The zero-order valence-corrected chi connectivity index (χ0v) is 16.8. The molecule has 0 aliphatic carbocycles. The van der Waals surface area contributed by atoms with Crippen molar-refractivity contribution in [2.75, 3.05) is 50.7 Å². The van der Waals surface area contributed by atoms with Gasteiger partial charge in [-0.3, -0.25) is 4.90 Å². The number of β-amino-alcohol motifs (C(OH)–C–C–N with tert-alkyl or cyclic N) is 1. The molecule has 3 heterocycles. The largest absolute Gasteiger partial charge is 0.390 e. The number of hydrogen-bond acceptors (Lipinski definition) is 6. The van der Waals surface area contributed by atoms with Crippen molar-refractivity contribution >= 4 is 5.82 Å². The van der Waals surface area contributed by atoms with E-state index in [4.69, 9.17) is 5.26 Å². The van der Waals surface area contributed by atoms with E-state index in [0.717, 1.165) is 57.9 Å². The van der Waals surface area contributed by atoms with Gasteiger partial charge in [0.05, 0.1) is 17.7 Å². The maximum Gasteiger partial charge on any atom is 0.129 e. The molecule has 6 heteroatoms. The number of aromatic nitrogens is 1. The number of rotatable bonds is 5. The minimum absolute atomic E-state index is 0.210. The summed E-state index contributed by atoms with van der Waals surface area (Å²) in [5, 5.41) is 19.9. The molecule has 1 N–H and O–H groups in total. The highest BCUT2D eigenvalue weighted by atomic mass is 16.3. The van der Waals surface area contributed by atoms with Gasteiger partial charge in [-0.1, -0.05) is 30.3 Å². The number of aliphatic hydroxyl groups excluding tert-OH is 1. The Morgan fingerprint density at radius 3 is 2.59 bits per heavy atom. The van der Waals surface area contributed by atoms with Gasteiger partial charge in [0.25, 0.3) is 0 Å². The van der Waals surface area contributed by atoms with E-state index in [1.807, 2.05) is 0 Å². The average molecular weight is 392 g/mol. The first-order valence-corrected chi connectivity index (χ1v) is 10.5. The number of hydrogen-bond donors (Lipinski definition) is 1. The zero-order valence-electron chi connectivity index (χ0n) is 16.8. The third kappa shape index (κ3) is 4.94. The number of aliphatic hydroxyl groups is 1. The van der Waals surface area contributed by atoms with Crippen LogP contribution >= 0.6 is 0 Å². The van der Waals surface area contributed by atoms with E-state index in [0.29, 0.717) is 12.1 Å². The van der Waals surface area contributed by atoms with Crippen LogP contribution in [0.3, 0.4) is 0 Å². The molecule has 2 atom stereocenters. The molecule has 0 saturated carbocycles. The highest BCUT2D eigenvalue weighted by Gasteiger charge is 2.34. The summed E-state index contributed by atoms with van der Waals surface area (Å²) < 4.78 is 0. The number of piperazine rings is 1. The van der Waals surface area contributed by atoms with Gasteiger partial charge in [0, 0.05) is 58.1 Å². The van der Waals surface area contributed by atoms with Crippen LogP contribution in [0.1, 0.15) is 17.5 Å². The second-order valence-corrected chi connectivity index (χ2v) is 8.00. The van der Waals surface area contributed by atoms with Gasteiger partial charge in [-0.2, -0.15) is 5.26 Å². The summed E-state index contributed by atoms with van der Waals surface area (Å²) in [7, 11) is 0. The molecule has 2 aliphatic heterocycles. The van der Waals surface area contributed by atoms with Crippen LogP contribution in [0.4, 0.5) is 5.82 Å². The summed E-state index contributed by atoms with van der Waals surface area (Å²) >= 11 is 0. The van der Waals surface area contributed by atoms with E-state index in [-0.39, 0.29) is 6.04 Å². The fourth-order valence-corrected chi connectivity index (χ4v) is 4.46. The molecule has 0 spiro atoms. The lowest BCUT2D eigenvalue weighted by atomic mass is 9.99. The maximum absolute atomic E-state index is 10.8. The van der Waals surface area contributed by atoms with Crippen molar-refractivity contribution in [3.8, 4) is 6.07 Å². The van der Waals surface area contributed by atoms with Crippen molar-refractivity contribution in [3.63, 3.8) is 0 Å². The number of nitrogens with zero attached hydrogens (tertiary/aromatic N) is 5. The lowest BCUT2D eigenvalue weighted by Gasteiger charge is -2.45. The van der Waals surface area contributed by atoms with Gasteiger partial charge in [-0.05, 0) is 30.5 Å². The molecule has 4 rings (SSSR count). The number of anilines is 1. The van der Waals surface area contributed by atoms with Crippen molar-refractivity contribution in [1.82, 2.24) is 14.8 Å². The Balaban J connectivity index is 1.26. The highest BCUT2D eigenvalue weighted by Crippen LogP contribution is 2.23. The van der Waals surface area contributed by atoms with Crippen LogP contribution in [0.2, 0.25) is 0 Å². The van der Waals surface area contributed by atoms with Gasteiger partial charge in [0.15, 0.2) is 0 Å². The molecule has 2 saturated heterocycles. The summed E-state index contributed by atoms with van der Waals surface area (Å²) in [4.78, 5) is 11.5. The van der Waals surface area contributed by atoms with Crippen molar-refractivity contribution < 1.29 is 5.11 Å². The molecule has 2 aliphatic rings. The second kappa shape index (κ2) is 9.36. The lowest BCUT2D eigenvalue weighted by Crippen LogP contribution is -2.59. The molecule has 0 radical (unpaired) electrons. The number of benzene rings is 1. The van der Waals surface area contributed by atoms with Crippen LogP contribution in [-0.2, 0) is 6.42 Å². The molecule has 0 unspecified atom stereocenters. The molecule has 2 fully saturated rings. The molecule has 0 bridgehead atoms. The Labute approximate surface area is 173 Å². The lowest BCUT2D eigenvalue weighted by molar-refractivity contribution is 0.00967.